The van der Waals surface area contributed by atoms with Gasteiger partial charge in [0.05, 0.1) is 0 Å². The minimum atomic E-state index is 0. The van der Waals surface area contributed by atoms with Crippen molar-refractivity contribution in [1.29, 1.82) is 0 Å². The first-order chi connectivity index (χ1) is 13.0. The molecule has 1 aromatic heterocycles. The predicted octanol–water partition coefficient (Wildman–Crippen LogP) is 3.21. The number of benzene rings is 1. The number of aryl methyl sites for hydroxylation is 1. The second kappa shape index (κ2) is 11.2. The number of rotatable bonds is 8. The van der Waals surface area contributed by atoms with Crippen LogP contribution in [-0.4, -0.2) is 37.2 Å². The van der Waals surface area contributed by atoms with E-state index in [4.69, 9.17) is 28.9 Å². The van der Waals surface area contributed by atoms with Gasteiger partial charge in [-0.05, 0) is 61.2 Å². The van der Waals surface area contributed by atoms with Gasteiger partial charge in [0, 0.05) is 48.0 Å². The summed E-state index contributed by atoms with van der Waals surface area (Å²) in [5.74, 6) is 1.12. The minimum Gasteiger partial charge on any atom is -0.384 e. The smallest absolute Gasteiger partial charge is 0.123 e. The average molecular weight is 445 g/mol. The molecule has 3 rings (SSSR count). The van der Waals surface area contributed by atoms with Gasteiger partial charge in [-0.2, -0.15) is 0 Å². The van der Waals surface area contributed by atoms with Crippen molar-refractivity contribution < 1.29 is 0 Å². The summed E-state index contributed by atoms with van der Waals surface area (Å²) in [5.41, 5.74) is 9.18. The highest BCUT2D eigenvalue weighted by molar-refractivity contribution is 6.35. The molecule has 5 N–H and O–H groups in total. The summed E-state index contributed by atoms with van der Waals surface area (Å²) in [7, 11) is 0. The first-order valence-corrected chi connectivity index (χ1v) is 10.1. The molecule has 8 heteroatoms. The Morgan fingerprint density at radius 1 is 1.18 bits per heavy atom. The maximum absolute atomic E-state index is 6.20. The molecule has 2 heterocycles. The van der Waals surface area contributed by atoms with Crippen molar-refractivity contribution in [3.8, 4) is 0 Å². The van der Waals surface area contributed by atoms with Gasteiger partial charge in [-0.15, -0.1) is 12.4 Å². The fourth-order valence-electron chi connectivity index (χ4n) is 3.56. The molecule has 0 bridgehead atoms. The van der Waals surface area contributed by atoms with Crippen LogP contribution in [0.1, 0.15) is 16.8 Å². The van der Waals surface area contributed by atoms with Gasteiger partial charge in [0.25, 0.3) is 0 Å². The van der Waals surface area contributed by atoms with Crippen LogP contribution in [0.2, 0.25) is 10.0 Å². The molecule has 2 atom stereocenters. The Kier molecular flexibility index (Phi) is 9.28. The zero-order valence-corrected chi connectivity index (χ0v) is 18.3. The molecule has 1 aliphatic rings. The third-order valence-corrected chi connectivity index (χ3v) is 5.48. The molecule has 0 unspecified atom stereocenters. The third-order valence-electron chi connectivity index (χ3n) is 4.89. The van der Waals surface area contributed by atoms with Crippen LogP contribution in [0.4, 0.5) is 5.82 Å². The van der Waals surface area contributed by atoms with Crippen LogP contribution < -0.4 is 21.7 Å². The quantitative estimate of drug-likeness (QED) is 0.470. The fraction of sp³-hybridized carbons (Fsp3) is 0.450. The van der Waals surface area contributed by atoms with E-state index < -0.39 is 0 Å². The summed E-state index contributed by atoms with van der Waals surface area (Å²) in [6, 6.07) is 10.1. The topological polar surface area (TPSA) is 75.0 Å². The van der Waals surface area contributed by atoms with Gasteiger partial charge in [-0.25, -0.2) is 4.98 Å². The Morgan fingerprint density at radius 3 is 2.75 bits per heavy atom. The van der Waals surface area contributed by atoms with E-state index in [0.717, 1.165) is 56.0 Å². The van der Waals surface area contributed by atoms with Gasteiger partial charge >= 0.3 is 0 Å². The van der Waals surface area contributed by atoms with E-state index in [1.807, 2.05) is 18.2 Å². The summed E-state index contributed by atoms with van der Waals surface area (Å²) in [6.07, 6.45) is 0.935. The van der Waals surface area contributed by atoms with Crippen LogP contribution in [0.3, 0.4) is 0 Å². The summed E-state index contributed by atoms with van der Waals surface area (Å²) in [6.45, 7) is 6.55. The Morgan fingerprint density at radius 2 is 2.00 bits per heavy atom. The molecule has 2 aromatic rings. The van der Waals surface area contributed by atoms with E-state index >= 15 is 0 Å². The maximum Gasteiger partial charge on any atom is 0.123 e. The second-order valence-electron chi connectivity index (χ2n) is 7.16. The van der Waals surface area contributed by atoms with Gasteiger partial charge in [0.15, 0.2) is 0 Å². The summed E-state index contributed by atoms with van der Waals surface area (Å²) >= 11 is 12.1. The van der Waals surface area contributed by atoms with E-state index in [1.165, 1.54) is 0 Å². The lowest BCUT2D eigenvalue weighted by Crippen LogP contribution is -2.40. The van der Waals surface area contributed by atoms with Crippen LogP contribution in [0.25, 0.3) is 0 Å². The second-order valence-corrected chi connectivity index (χ2v) is 8.00. The molecule has 28 heavy (non-hydrogen) atoms. The normalized spacial score (nSPS) is 18.8. The van der Waals surface area contributed by atoms with Crippen molar-refractivity contribution in [2.45, 2.75) is 25.9 Å². The largest absolute Gasteiger partial charge is 0.384 e. The van der Waals surface area contributed by atoms with E-state index in [2.05, 4.69) is 33.9 Å². The number of aromatic nitrogens is 1. The van der Waals surface area contributed by atoms with Crippen LogP contribution in [0, 0.1) is 12.8 Å². The minimum absolute atomic E-state index is 0. The molecule has 0 amide bonds. The zero-order valence-electron chi connectivity index (χ0n) is 16.0. The molecule has 0 saturated carbocycles. The Labute approximate surface area is 183 Å². The summed E-state index contributed by atoms with van der Waals surface area (Å²) in [4.78, 5) is 4.48. The highest BCUT2D eigenvalue weighted by Gasteiger charge is 2.27. The first-order valence-electron chi connectivity index (χ1n) is 9.33. The van der Waals surface area contributed by atoms with Crippen molar-refractivity contribution >= 4 is 41.4 Å². The predicted molar refractivity (Wildman–Crippen MR) is 121 cm³/mol. The Hall–Kier alpha value is -1.08. The standard InChI is InChI=1S/C20H27Cl2N5.ClH/c1-13-6-17(27-20(23)7-13)8-15-11-25-12-19(15)26-5-4-24-10-14-2-3-16(21)9-18(14)22;/h2-3,6-7,9,15,19,24-26H,4-5,8,10-12H2,1H3,(H2,23,27);1H/t15-,19+;/m0./s1. The van der Waals surface area contributed by atoms with Crippen LogP contribution in [0.5, 0.6) is 0 Å². The number of nitrogens with zero attached hydrogens (tertiary/aromatic N) is 1. The van der Waals surface area contributed by atoms with Crippen molar-refractivity contribution in [2.75, 3.05) is 31.9 Å². The molecular weight excluding hydrogens is 417 g/mol. The number of nitrogens with one attached hydrogen (secondary N) is 3. The van der Waals surface area contributed by atoms with E-state index in [9.17, 15) is 0 Å². The molecule has 5 nitrogen and oxygen atoms in total. The molecule has 1 fully saturated rings. The number of hydrogen-bond donors (Lipinski definition) is 4. The van der Waals surface area contributed by atoms with E-state index in [0.29, 0.717) is 27.8 Å². The molecule has 0 aliphatic carbocycles. The molecule has 0 radical (unpaired) electrons. The highest BCUT2D eigenvalue weighted by atomic mass is 35.5. The van der Waals surface area contributed by atoms with Crippen LogP contribution in [-0.2, 0) is 13.0 Å². The lowest BCUT2D eigenvalue weighted by atomic mass is 9.97. The van der Waals surface area contributed by atoms with Crippen molar-refractivity contribution in [2.24, 2.45) is 5.92 Å². The number of hydrogen-bond acceptors (Lipinski definition) is 5. The summed E-state index contributed by atoms with van der Waals surface area (Å²) in [5, 5.41) is 11.9. The molecule has 1 aliphatic heterocycles. The van der Waals surface area contributed by atoms with E-state index in [-0.39, 0.29) is 12.4 Å². The number of halogens is 3. The molecule has 1 aromatic carbocycles. The van der Waals surface area contributed by atoms with Crippen molar-refractivity contribution in [3.63, 3.8) is 0 Å². The maximum atomic E-state index is 6.20. The van der Waals surface area contributed by atoms with Crippen LogP contribution >= 0.6 is 35.6 Å². The monoisotopic (exact) mass is 443 g/mol. The molecule has 154 valence electrons. The Balaban J connectivity index is 0.00000280. The lowest BCUT2D eigenvalue weighted by Gasteiger charge is -2.20. The third kappa shape index (κ3) is 6.76. The summed E-state index contributed by atoms with van der Waals surface area (Å²) < 4.78 is 0. The van der Waals surface area contributed by atoms with Gasteiger partial charge in [-0.3, -0.25) is 0 Å². The van der Waals surface area contributed by atoms with Gasteiger partial charge in [0.2, 0.25) is 0 Å². The van der Waals surface area contributed by atoms with Crippen molar-refractivity contribution in [3.05, 3.63) is 57.2 Å². The van der Waals surface area contributed by atoms with E-state index in [1.54, 1.807) is 6.07 Å². The van der Waals surface area contributed by atoms with Gasteiger partial charge in [0.1, 0.15) is 5.82 Å². The number of nitrogens with two attached hydrogens (primary N) is 1. The number of pyridine rings is 1. The van der Waals surface area contributed by atoms with Crippen LogP contribution in [0.15, 0.2) is 30.3 Å². The van der Waals surface area contributed by atoms with Gasteiger partial charge in [-0.1, -0.05) is 29.3 Å². The fourth-order valence-corrected chi connectivity index (χ4v) is 4.04. The molecule has 1 saturated heterocycles. The first kappa shape index (κ1) is 23.2. The van der Waals surface area contributed by atoms with Gasteiger partial charge < -0.3 is 21.7 Å². The zero-order chi connectivity index (χ0) is 19.2. The highest BCUT2D eigenvalue weighted by Crippen LogP contribution is 2.20. The molecule has 0 spiro atoms. The average Bonchev–Trinajstić information content (AvgIpc) is 3.02. The SMILES string of the molecule is Cc1cc(N)nc(C[C@H]2CNC[C@H]2NCCNCc2ccc(Cl)cc2Cl)c1.Cl. The number of anilines is 1. The van der Waals surface area contributed by atoms with Crippen molar-refractivity contribution in [1.82, 2.24) is 20.9 Å². The molecular formula is C20H28Cl3N5. The number of nitrogen functional groups attached to an aromatic ring is 1. The Bertz CT molecular complexity index is 751. The lowest BCUT2D eigenvalue weighted by molar-refractivity contribution is 0.419.